The van der Waals surface area contributed by atoms with Gasteiger partial charge in [-0.15, -0.1) is 0 Å². The van der Waals surface area contributed by atoms with Crippen LogP contribution < -0.4 is 5.32 Å². The third-order valence-corrected chi connectivity index (χ3v) is 6.02. The summed E-state index contributed by atoms with van der Waals surface area (Å²) in [4.78, 5) is 34.7. The van der Waals surface area contributed by atoms with Crippen LogP contribution in [-0.2, 0) is 17.5 Å². The van der Waals surface area contributed by atoms with Crippen LogP contribution in [0, 0.1) is 0 Å². The largest absolute Gasteiger partial charge is 0.476 e. The summed E-state index contributed by atoms with van der Waals surface area (Å²) in [5, 5.41) is 16.3. The second kappa shape index (κ2) is 10.2. The number of hydrogen-bond donors (Lipinski definition) is 2. The summed E-state index contributed by atoms with van der Waals surface area (Å²) in [5.41, 5.74) is 1.18. The molecule has 1 aromatic carbocycles. The van der Waals surface area contributed by atoms with Crippen molar-refractivity contribution in [1.82, 2.24) is 24.6 Å². The van der Waals surface area contributed by atoms with Crippen LogP contribution in [0.4, 0.5) is 23.7 Å². The van der Waals surface area contributed by atoms with Gasteiger partial charge >= 0.3 is 18.2 Å². The average molecular weight is 526 g/mol. The van der Waals surface area contributed by atoms with E-state index in [-0.39, 0.29) is 22.3 Å². The maximum atomic E-state index is 12.9. The topological polar surface area (TPSA) is 122 Å². The minimum atomic E-state index is -4.62. The van der Waals surface area contributed by atoms with Gasteiger partial charge < -0.3 is 15.2 Å². The van der Waals surface area contributed by atoms with Gasteiger partial charge in [-0.1, -0.05) is 6.07 Å². The van der Waals surface area contributed by atoms with E-state index >= 15 is 0 Å². The monoisotopic (exact) mass is 526 g/mol. The molecule has 1 fully saturated rings. The summed E-state index contributed by atoms with van der Waals surface area (Å²) in [7, 11) is 0. The molecule has 2 N–H and O–H groups in total. The Kier molecular flexibility index (Phi) is 6.78. The third-order valence-electron chi connectivity index (χ3n) is 6.02. The number of morpholine rings is 1. The van der Waals surface area contributed by atoms with E-state index in [2.05, 4.69) is 25.3 Å². The number of anilines is 1. The number of aromatic carboxylic acids is 1. The van der Waals surface area contributed by atoms with E-state index in [1.165, 1.54) is 0 Å². The molecule has 1 saturated heterocycles. The van der Waals surface area contributed by atoms with Crippen molar-refractivity contribution in [3.63, 3.8) is 0 Å². The number of carbonyl (C=O) groups is 2. The van der Waals surface area contributed by atoms with Crippen LogP contribution >= 0.6 is 0 Å². The molecule has 3 aromatic heterocycles. The van der Waals surface area contributed by atoms with Crippen molar-refractivity contribution >= 4 is 28.6 Å². The summed E-state index contributed by atoms with van der Waals surface area (Å²) in [5.74, 6) is -1.34. The molecule has 1 aliphatic rings. The lowest BCUT2D eigenvalue weighted by atomic mass is 10.0. The SMILES string of the molecule is O=C(O)c1nn(C(=O)Nc2ccc(C(F)(F)F)nc2)c2ccc(-c3cncc(CN4CCOCC4)c3)cc12. The van der Waals surface area contributed by atoms with E-state index in [1.807, 2.05) is 6.07 Å². The Balaban J connectivity index is 1.43. The first kappa shape index (κ1) is 25.3. The van der Waals surface area contributed by atoms with Gasteiger partial charge in [0.1, 0.15) is 5.69 Å². The predicted octanol–water partition coefficient (Wildman–Crippen LogP) is 4.12. The van der Waals surface area contributed by atoms with E-state index in [0.717, 1.165) is 47.2 Å². The standard InChI is InChI=1S/C25H21F3N6O4/c26-25(27,28)21-4-2-18(13-30-21)31-24(37)34-20-3-1-16(10-19(20)22(32-34)23(35)36)17-9-15(11-29-12-17)14-33-5-7-38-8-6-33/h1-4,9-13H,5-8,14H2,(H,31,37)(H,35,36). The fourth-order valence-electron chi connectivity index (χ4n) is 4.17. The number of fused-ring (bicyclic) bond motifs is 1. The number of pyridine rings is 2. The van der Waals surface area contributed by atoms with Gasteiger partial charge in [0, 0.05) is 43.0 Å². The summed E-state index contributed by atoms with van der Waals surface area (Å²) in [6.07, 6.45) is -0.316. The lowest BCUT2D eigenvalue weighted by Gasteiger charge is -2.26. The molecule has 13 heteroatoms. The molecular formula is C25H21F3N6O4. The van der Waals surface area contributed by atoms with Crippen molar-refractivity contribution in [3.8, 4) is 11.1 Å². The third kappa shape index (κ3) is 5.33. The predicted molar refractivity (Wildman–Crippen MR) is 130 cm³/mol. The van der Waals surface area contributed by atoms with Crippen LogP contribution in [0.15, 0.2) is 55.0 Å². The van der Waals surface area contributed by atoms with Crippen LogP contribution in [0.1, 0.15) is 21.7 Å². The van der Waals surface area contributed by atoms with Gasteiger partial charge in [0.25, 0.3) is 0 Å². The van der Waals surface area contributed by atoms with Gasteiger partial charge in [-0.2, -0.15) is 23.0 Å². The van der Waals surface area contributed by atoms with Crippen molar-refractivity contribution in [3.05, 3.63) is 71.9 Å². The molecular weight excluding hydrogens is 505 g/mol. The normalized spacial score (nSPS) is 14.5. The zero-order valence-corrected chi connectivity index (χ0v) is 19.8. The average Bonchev–Trinajstić information content (AvgIpc) is 3.29. The summed E-state index contributed by atoms with van der Waals surface area (Å²) < 4.78 is 44.5. The van der Waals surface area contributed by atoms with Crippen molar-refractivity contribution in [2.45, 2.75) is 12.7 Å². The first-order chi connectivity index (χ1) is 18.2. The number of aromatic nitrogens is 4. The minimum Gasteiger partial charge on any atom is -0.476 e. The van der Waals surface area contributed by atoms with Crippen LogP contribution in [0.2, 0.25) is 0 Å². The first-order valence-electron chi connectivity index (χ1n) is 11.5. The molecule has 4 aromatic rings. The van der Waals surface area contributed by atoms with Gasteiger partial charge in [-0.25, -0.2) is 14.6 Å². The van der Waals surface area contributed by atoms with Gasteiger partial charge in [-0.3, -0.25) is 9.88 Å². The number of nitrogens with zero attached hydrogens (tertiary/aromatic N) is 5. The maximum Gasteiger partial charge on any atom is 0.433 e. The number of hydrogen-bond acceptors (Lipinski definition) is 7. The number of amides is 1. The van der Waals surface area contributed by atoms with Crippen LogP contribution in [0.3, 0.4) is 0 Å². The van der Waals surface area contributed by atoms with Crippen molar-refractivity contribution in [2.75, 3.05) is 31.6 Å². The summed E-state index contributed by atoms with van der Waals surface area (Å²) in [6.45, 7) is 3.69. The van der Waals surface area contributed by atoms with E-state index < -0.39 is 23.9 Å². The molecule has 0 bridgehead atoms. The van der Waals surface area contributed by atoms with E-state index in [4.69, 9.17) is 4.74 Å². The fraction of sp³-hybridized carbons (Fsp3) is 0.240. The Morgan fingerprint density at radius 1 is 1.03 bits per heavy atom. The number of halogens is 3. The second-order valence-corrected chi connectivity index (χ2v) is 8.63. The number of ether oxygens (including phenoxy) is 1. The van der Waals surface area contributed by atoms with Gasteiger partial charge in [0.15, 0.2) is 5.69 Å². The lowest BCUT2D eigenvalue weighted by Crippen LogP contribution is -2.35. The van der Waals surface area contributed by atoms with E-state index in [9.17, 15) is 27.9 Å². The molecule has 1 amide bonds. The summed E-state index contributed by atoms with van der Waals surface area (Å²) in [6, 6.07) is 7.78. The molecule has 38 heavy (non-hydrogen) atoms. The van der Waals surface area contributed by atoms with Crippen molar-refractivity contribution in [2.24, 2.45) is 0 Å². The molecule has 0 unspecified atom stereocenters. The molecule has 10 nitrogen and oxygen atoms in total. The van der Waals surface area contributed by atoms with Gasteiger partial charge in [0.05, 0.1) is 30.6 Å². The Morgan fingerprint density at radius 3 is 2.50 bits per heavy atom. The molecule has 0 radical (unpaired) electrons. The quantitative estimate of drug-likeness (QED) is 0.398. The lowest BCUT2D eigenvalue weighted by molar-refractivity contribution is -0.141. The highest BCUT2D eigenvalue weighted by Crippen LogP contribution is 2.29. The highest BCUT2D eigenvalue weighted by Gasteiger charge is 2.32. The molecule has 5 rings (SSSR count). The number of rotatable bonds is 5. The Labute approximate surface area is 213 Å². The fourth-order valence-corrected chi connectivity index (χ4v) is 4.17. The molecule has 0 saturated carbocycles. The number of alkyl halides is 3. The van der Waals surface area contributed by atoms with Crippen LogP contribution in [0.5, 0.6) is 0 Å². The highest BCUT2D eigenvalue weighted by molar-refractivity contribution is 6.06. The molecule has 0 aliphatic carbocycles. The Bertz CT molecular complexity index is 1500. The number of nitrogens with one attached hydrogen (secondary N) is 1. The maximum absolute atomic E-state index is 12.9. The molecule has 1 aliphatic heterocycles. The van der Waals surface area contributed by atoms with E-state index in [0.29, 0.717) is 25.3 Å². The molecule has 4 heterocycles. The Morgan fingerprint density at radius 2 is 1.82 bits per heavy atom. The molecule has 0 spiro atoms. The Hall–Kier alpha value is -4.36. The zero-order valence-electron chi connectivity index (χ0n) is 19.8. The van der Waals surface area contributed by atoms with Crippen LogP contribution in [-0.4, -0.2) is 68.1 Å². The number of carboxylic acid groups (broad SMARTS) is 1. The molecule has 0 atom stereocenters. The zero-order chi connectivity index (χ0) is 26.9. The number of carboxylic acids is 1. The number of carbonyl (C=O) groups excluding carboxylic acids is 1. The van der Waals surface area contributed by atoms with Gasteiger partial charge in [0.2, 0.25) is 0 Å². The van der Waals surface area contributed by atoms with Gasteiger partial charge in [-0.05, 0) is 41.5 Å². The smallest absolute Gasteiger partial charge is 0.433 e. The minimum absolute atomic E-state index is 0.0108. The van der Waals surface area contributed by atoms with Crippen molar-refractivity contribution in [1.29, 1.82) is 0 Å². The van der Waals surface area contributed by atoms with E-state index in [1.54, 1.807) is 30.6 Å². The highest BCUT2D eigenvalue weighted by atomic mass is 19.4. The van der Waals surface area contributed by atoms with Crippen LogP contribution in [0.25, 0.3) is 22.0 Å². The number of benzene rings is 1. The summed E-state index contributed by atoms with van der Waals surface area (Å²) >= 11 is 0. The second-order valence-electron chi connectivity index (χ2n) is 8.63. The van der Waals surface area contributed by atoms with Crippen molar-refractivity contribution < 1.29 is 32.6 Å². The molecule has 196 valence electrons. The first-order valence-corrected chi connectivity index (χ1v) is 11.5.